The van der Waals surface area contributed by atoms with Gasteiger partial charge in [-0.15, -0.1) is 10.2 Å². The van der Waals surface area contributed by atoms with Crippen LogP contribution < -0.4 is 11.1 Å². The molecule has 3 amide bonds. The Kier molecular flexibility index (Phi) is 5.84. The van der Waals surface area contributed by atoms with Crippen molar-refractivity contribution in [1.82, 2.24) is 20.1 Å². The largest absolute Gasteiger partial charge is 0.351 e. The number of halogens is 1. The summed E-state index contributed by atoms with van der Waals surface area (Å²) in [6.07, 6.45) is 0. The number of thioether (sulfide) groups is 1. The van der Waals surface area contributed by atoms with Crippen molar-refractivity contribution in [3.8, 4) is 11.4 Å². The molecule has 0 saturated heterocycles. The minimum atomic E-state index is -0.874. The van der Waals surface area contributed by atoms with Crippen LogP contribution in [0.1, 0.15) is 13.8 Å². The van der Waals surface area contributed by atoms with Crippen LogP contribution in [-0.4, -0.2) is 32.0 Å². The lowest BCUT2D eigenvalue weighted by atomic mass is 10.1. The van der Waals surface area contributed by atoms with Gasteiger partial charge in [0.05, 0.1) is 10.3 Å². The van der Waals surface area contributed by atoms with Gasteiger partial charge in [-0.3, -0.25) is 10.1 Å². The number of nitrogens with two attached hydrogens (primary N) is 1. The fraction of sp³-hybridized carbons (Fsp3) is 0.333. The van der Waals surface area contributed by atoms with E-state index < -0.39 is 17.2 Å². The molecule has 1 aromatic carbocycles. The van der Waals surface area contributed by atoms with Gasteiger partial charge >= 0.3 is 6.03 Å². The maximum absolute atomic E-state index is 12.1. The number of primary amides is 1. The molecular weight excluding hydrogens is 350 g/mol. The zero-order valence-electron chi connectivity index (χ0n) is 13.5. The molecule has 3 N–H and O–H groups in total. The Bertz CT molecular complexity index is 762. The molecule has 0 radical (unpaired) electrons. The smallest absolute Gasteiger partial charge is 0.318 e. The molecule has 1 heterocycles. The number of hydrogen-bond acceptors (Lipinski definition) is 5. The maximum atomic E-state index is 12.1. The van der Waals surface area contributed by atoms with E-state index >= 15 is 0 Å². The lowest BCUT2D eigenvalue weighted by Crippen LogP contribution is -2.42. The van der Waals surface area contributed by atoms with E-state index in [4.69, 9.17) is 17.3 Å². The third kappa shape index (κ3) is 4.07. The van der Waals surface area contributed by atoms with Crippen molar-refractivity contribution in [3.05, 3.63) is 29.3 Å². The van der Waals surface area contributed by atoms with E-state index in [0.717, 1.165) is 5.56 Å². The molecule has 128 valence electrons. The van der Waals surface area contributed by atoms with Gasteiger partial charge in [0.25, 0.3) is 0 Å². The van der Waals surface area contributed by atoms with Crippen LogP contribution in [0, 0.1) is 5.92 Å². The molecule has 24 heavy (non-hydrogen) atoms. The molecule has 1 aromatic heterocycles. The number of carbonyl (C=O) groups excluding carboxylic acids is 2. The summed E-state index contributed by atoms with van der Waals surface area (Å²) in [4.78, 5) is 23.0. The number of hydrogen-bond donors (Lipinski definition) is 2. The van der Waals surface area contributed by atoms with Gasteiger partial charge < -0.3 is 10.3 Å². The third-order valence-electron chi connectivity index (χ3n) is 3.29. The van der Waals surface area contributed by atoms with Gasteiger partial charge in [0.1, 0.15) is 0 Å². The summed E-state index contributed by atoms with van der Waals surface area (Å²) in [5.41, 5.74) is 5.78. The Labute approximate surface area is 149 Å². The highest BCUT2D eigenvalue weighted by molar-refractivity contribution is 8.00. The van der Waals surface area contributed by atoms with E-state index in [1.54, 1.807) is 17.7 Å². The SMILES string of the molecule is CC(C)[C@@H](Sc1nnc(-c2ccccc2Cl)n1C)C(=O)NC(N)=O. The number of aromatic nitrogens is 3. The van der Waals surface area contributed by atoms with Gasteiger partial charge in [-0.1, -0.05) is 49.3 Å². The Morgan fingerprint density at radius 3 is 2.54 bits per heavy atom. The molecule has 2 aromatic rings. The number of rotatable bonds is 5. The minimum Gasteiger partial charge on any atom is -0.351 e. The molecule has 1 atom stereocenters. The number of amides is 3. The average Bonchev–Trinajstić information content (AvgIpc) is 2.85. The van der Waals surface area contributed by atoms with E-state index in [2.05, 4.69) is 15.5 Å². The van der Waals surface area contributed by atoms with Crippen LogP contribution in [0.5, 0.6) is 0 Å². The second-order valence-electron chi connectivity index (χ2n) is 5.48. The minimum absolute atomic E-state index is 0.0326. The first-order chi connectivity index (χ1) is 11.3. The molecule has 0 saturated carbocycles. The zero-order chi connectivity index (χ0) is 17.9. The normalized spacial score (nSPS) is 12.2. The standard InChI is InChI=1S/C15H18ClN5O2S/c1-8(2)11(13(22)18-14(17)23)24-15-20-19-12(21(15)3)9-6-4-5-7-10(9)16/h4-8,11H,1-3H3,(H3,17,18,22,23)/t11-/m1/s1. The highest BCUT2D eigenvalue weighted by Crippen LogP contribution is 2.31. The lowest BCUT2D eigenvalue weighted by Gasteiger charge is -2.18. The quantitative estimate of drug-likeness (QED) is 0.790. The topological polar surface area (TPSA) is 103 Å². The molecule has 0 bridgehead atoms. The second kappa shape index (κ2) is 7.67. The van der Waals surface area contributed by atoms with Gasteiger partial charge in [-0.05, 0) is 18.1 Å². The van der Waals surface area contributed by atoms with Crippen molar-refractivity contribution in [2.45, 2.75) is 24.3 Å². The number of nitrogens with zero attached hydrogens (tertiary/aromatic N) is 3. The first-order valence-corrected chi connectivity index (χ1v) is 8.48. The Morgan fingerprint density at radius 2 is 1.96 bits per heavy atom. The van der Waals surface area contributed by atoms with Crippen LogP contribution in [0.3, 0.4) is 0 Å². The van der Waals surface area contributed by atoms with E-state index in [-0.39, 0.29) is 5.92 Å². The van der Waals surface area contributed by atoms with Gasteiger partial charge in [-0.25, -0.2) is 4.79 Å². The molecule has 9 heteroatoms. The first kappa shape index (κ1) is 18.3. The van der Waals surface area contributed by atoms with E-state index in [1.165, 1.54) is 11.8 Å². The summed E-state index contributed by atoms with van der Waals surface area (Å²) in [6, 6.07) is 6.44. The van der Waals surface area contributed by atoms with E-state index in [1.807, 2.05) is 32.0 Å². The van der Waals surface area contributed by atoms with Crippen molar-refractivity contribution < 1.29 is 9.59 Å². The van der Waals surface area contributed by atoms with Crippen LogP contribution in [-0.2, 0) is 11.8 Å². The Hall–Kier alpha value is -2.06. The summed E-state index contributed by atoms with van der Waals surface area (Å²) in [6.45, 7) is 3.76. The Balaban J connectivity index is 2.28. The summed E-state index contributed by atoms with van der Waals surface area (Å²) >= 11 is 7.42. The summed E-state index contributed by atoms with van der Waals surface area (Å²) in [5.74, 6) is 0.112. The van der Waals surface area contributed by atoms with Crippen molar-refractivity contribution >= 4 is 35.3 Å². The molecule has 7 nitrogen and oxygen atoms in total. The fourth-order valence-corrected chi connectivity index (χ4v) is 3.31. The van der Waals surface area contributed by atoms with Crippen molar-refractivity contribution in [3.63, 3.8) is 0 Å². The highest BCUT2D eigenvalue weighted by atomic mass is 35.5. The van der Waals surface area contributed by atoms with Crippen molar-refractivity contribution in [2.24, 2.45) is 18.7 Å². The molecule has 0 spiro atoms. The van der Waals surface area contributed by atoms with Gasteiger partial charge in [0.2, 0.25) is 5.91 Å². The van der Waals surface area contributed by atoms with Crippen LogP contribution in [0.2, 0.25) is 5.02 Å². The van der Waals surface area contributed by atoms with Crippen molar-refractivity contribution in [2.75, 3.05) is 0 Å². The molecule has 0 fully saturated rings. The lowest BCUT2D eigenvalue weighted by molar-refractivity contribution is -0.120. The molecular formula is C15H18ClN5O2S. The molecule has 2 rings (SSSR count). The van der Waals surface area contributed by atoms with Gasteiger partial charge in [-0.2, -0.15) is 0 Å². The van der Waals surface area contributed by atoms with Gasteiger partial charge in [0, 0.05) is 12.6 Å². The molecule has 0 aliphatic carbocycles. The molecule has 0 unspecified atom stereocenters. The monoisotopic (exact) mass is 367 g/mol. The van der Waals surface area contributed by atoms with E-state index in [9.17, 15) is 9.59 Å². The number of urea groups is 1. The summed E-state index contributed by atoms with van der Waals surface area (Å²) in [5, 5.41) is 11.0. The Morgan fingerprint density at radius 1 is 1.29 bits per heavy atom. The number of nitrogens with one attached hydrogen (secondary N) is 1. The number of benzene rings is 1. The fourth-order valence-electron chi connectivity index (χ4n) is 2.09. The van der Waals surface area contributed by atoms with Crippen LogP contribution in [0.25, 0.3) is 11.4 Å². The third-order valence-corrected chi connectivity index (χ3v) is 5.20. The van der Waals surface area contributed by atoms with Crippen molar-refractivity contribution in [1.29, 1.82) is 0 Å². The summed E-state index contributed by atoms with van der Waals surface area (Å²) in [7, 11) is 1.80. The highest BCUT2D eigenvalue weighted by Gasteiger charge is 2.27. The predicted octanol–water partition coefficient (Wildman–Crippen LogP) is 2.45. The van der Waals surface area contributed by atoms with Crippen LogP contribution >= 0.6 is 23.4 Å². The number of carbonyl (C=O) groups is 2. The first-order valence-electron chi connectivity index (χ1n) is 7.22. The van der Waals surface area contributed by atoms with Gasteiger partial charge in [0.15, 0.2) is 11.0 Å². The van der Waals surface area contributed by atoms with Crippen LogP contribution in [0.4, 0.5) is 4.79 Å². The van der Waals surface area contributed by atoms with Crippen LogP contribution in [0.15, 0.2) is 29.4 Å². The number of imide groups is 1. The molecule has 0 aliphatic rings. The van der Waals surface area contributed by atoms with E-state index in [0.29, 0.717) is 16.0 Å². The zero-order valence-corrected chi connectivity index (χ0v) is 15.1. The summed E-state index contributed by atoms with van der Waals surface area (Å²) < 4.78 is 1.76. The average molecular weight is 368 g/mol. The molecule has 0 aliphatic heterocycles. The maximum Gasteiger partial charge on any atom is 0.318 e. The predicted molar refractivity (Wildman–Crippen MR) is 93.7 cm³/mol. The second-order valence-corrected chi connectivity index (χ2v) is 7.00.